The third kappa shape index (κ3) is 5.11. The summed E-state index contributed by atoms with van der Waals surface area (Å²) < 4.78 is 0. The van der Waals surface area contributed by atoms with Crippen LogP contribution in [0.1, 0.15) is 25.0 Å². The summed E-state index contributed by atoms with van der Waals surface area (Å²) in [6.07, 6.45) is 0. The lowest BCUT2D eigenvalue weighted by atomic mass is 9.78. The van der Waals surface area contributed by atoms with Crippen molar-refractivity contribution in [3.8, 4) is 23.0 Å². The number of hydrogen-bond donors (Lipinski definition) is 4. The third-order valence-electron chi connectivity index (χ3n) is 5.69. The topological polar surface area (TPSA) is 130 Å². The van der Waals surface area contributed by atoms with Crippen molar-refractivity contribution in [2.24, 2.45) is 20.5 Å². The SMILES string of the molecule is CC(C)(c1ccc(O)c(N=Nc2ccccc2O)c1)c1ccc(O)c(N=Nc2ccccc2O)c1. The number of nitrogens with zero attached hydrogens (tertiary/aromatic N) is 4. The monoisotopic (exact) mass is 468 g/mol. The number of phenolic OH excluding ortho intramolecular Hbond substituents is 4. The van der Waals surface area contributed by atoms with E-state index in [1.807, 2.05) is 13.8 Å². The molecule has 0 amide bonds. The van der Waals surface area contributed by atoms with E-state index in [0.717, 1.165) is 11.1 Å². The van der Waals surface area contributed by atoms with Crippen molar-refractivity contribution in [2.75, 3.05) is 0 Å². The minimum atomic E-state index is -0.570. The average molecular weight is 469 g/mol. The molecule has 35 heavy (non-hydrogen) atoms. The molecule has 0 radical (unpaired) electrons. The molecule has 0 aliphatic rings. The molecule has 0 fully saturated rings. The van der Waals surface area contributed by atoms with Gasteiger partial charge in [0.2, 0.25) is 0 Å². The fourth-order valence-corrected chi connectivity index (χ4v) is 3.46. The highest BCUT2D eigenvalue weighted by molar-refractivity contribution is 5.59. The van der Waals surface area contributed by atoms with Crippen LogP contribution in [0.15, 0.2) is 105 Å². The van der Waals surface area contributed by atoms with Crippen LogP contribution in [0.2, 0.25) is 0 Å². The first-order valence-electron chi connectivity index (χ1n) is 10.8. The van der Waals surface area contributed by atoms with Gasteiger partial charge in [-0.15, -0.1) is 20.5 Å². The fraction of sp³-hybridized carbons (Fsp3) is 0.111. The van der Waals surface area contributed by atoms with Crippen LogP contribution in [0, 0.1) is 0 Å². The van der Waals surface area contributed by atoms with Crippen molar-refractivity contribution in [1.82, 2.24) is 0 Å². The van der Waals surface area contributed by atoms with Crippen molar-refractivity contribution in [2.45, 2.75) is 19.3 Å². The lowest BCUT2D eigenvalue weighted by Crippen LogP contribution is -2.18. The molecule has 4 N–H and O–H groups in total. The smallest absolute Gasteiger partial charge is 0.143 e. The Balaban J connectivity index is 1.67. The lowest BCUT2D eigenvalue weighted by Gasteiger charge is -2.26. The van der Waals surface area contributed by atoms with Gasteiger partial charge in [0.25, 0.3) is 0 Å². The summed E-state index contributed by atoms with van der Waals surface area (Å²) in [5, 5.41) is 56.8. The zero-order valence-electron chi connectivity index (χ0n) is 19.2. The first kappa shape index (κ1) is 23.4. The molecule has 4 aromatic carbocycles. The van der Waals surface area contributed by atoms with E-state index in [9.17, 15) is 20.4 Å². The number of phenols is 4. The number of aromatic hydroxyl groups is 4. The Morgan fingerprint density at radius 3 is 1.20 bits per heavy atom. The molecule has 0 aromatic heterocycles. The van der Waals surface area contributed by atoms with Crippen molar-refractivity contribution >= 4 is 22.7 Å². The number of azo groups is 2. The van der Waals surface area contributed by atoms with E-state index >= 15 is 0 Å². The number of benzene rings is 4. The average Bonchev–Trinajstić information content (AvgIpc) is 2.84. The maximum atomic E-state index is 10.3. The molecule has 0 heterocycles. The van der Waals surface area contributed by atoms with E-state index < -0.39 is 5.41 Å². The van der Waals surface area contributed by atoms with Crippen LogP contribution in [0.5, 0.6) is 23.0 Å². The normalized spacial score (nSPS) is 11.9. The molecular formula is C27H24N4O4. The van der Waals surface area contributed by atoms with Gasteiger partial charge >= 0.3 is 0 Å². The molecule has 0 bridgehead atoms. The standard InChI is InChI=1S/C27H24N4O4/c1-27(2,17-11-13-25(34)21(15-17)30-28-19-7-3-5-9-23(19)32)18-12-14-26(35)22(16-18)31-29-20-8-4-6-10-24(20)33/h3-16,32-35H,1-2H3. The quantitative estimate of drug-likeness (QED) is 0.216. The predicted molar refractivity (Wildman–Crippen MR) is 133 cm³/mol. The molecule has 0 saturated carbocycles. The van der Waals surface area contributed by atoms with Gasteiger partial charge in [-0.3, -0.25) is 0 Å². The van der Waals surface area contributed by atoms with Gasteiger partial charge in [0.1, 0.15) is 45.7 Å². The van der Waals surface area contributed by atoms with E-state index in [1.165, 1.54) is 24.3 Å². The van der Waals surface area contributed by atoms with Crippen molar-refractivity contribution in [3.05, 3.63) is 96.1 Å². The van der Waals surface area contributed by atoms with Crippen LogP contribution < -0.4 is 0 Å². The molecule has 4 rings (SSSR count). The van der Waals surface area contributed by atoms with Crippen molar-refractivity contribution < 1.29 is 20.4 Å². The number of rotatable bonds is 6. The highest BCUT2D eigenvalue weighted by atomic mass is 16.3. The van der Waals surface area contributed by atoms with Crippen LogP contribution in [-0.4, -0.2) is 20.4 Å². The summed E-state index contributed by atoms with van der Waals surface area (Å²) in [5.41, 5.74) is 2.16. The van der Waals surface area contributed by atoms with Crippen LogP contribution in [0.3, 0.4) is 0 Å². The van der Waals surface area contributed by atoms with E-state index in [-0.39, 0.29) is 45.7 Å². The second-order valence-corrected chi connectivity index (χ2v) is 8.41. The second-order valence-electron chi connectivity index (χ2n) is 8.41. The molecule has 0 unspecified atom stereocenters. The van der Waals surface area contributed by atoms with E-state index in [0.29, 0.717) is 0 Å². The van der Waals surface area contributed by atoms with E-state index in [2.05, 4.69) is 20.5 Å². The molecule has 8 nitrogen and oxygen atoms in total. The summed E-state index contributed by atoms with van der Waals surface area (Å²) in [4.78, 5) is 0. The van der Waals surface area contributed by atoms with Gasteiger partial charge in [0.05, 0.1) is 0 Å². The molecule has 8 heteroatoms. The predicted octanol–water partition coefficient (Wildman–Crippen LogP) is 7.67. The Bertz CT molecular complexity index is 1320. The van der Waals surface area contributed by atoms with Crippen molar-refractivity contribution in [3.63, 3.8) is 0 Å². The van der Waals surface area contributed by atoms with Crippen molar-refractivity contribution in [1.29, 1.82) is 0 Å². The third-order valence-corrected chi connectivity index (χ3v) is 5.69. The van der Waals surface area contributed by atoms with Crippen LogP contribution in [0.25, 0.3) is 0 Å². The summed E-state index contributed by atoms with van der Waals surface area (Å²) in [7, 11) is 0. The minimum Gasteiger partial charge on any atom is -0.506 e. The van der Waals surface area contributed by atoms with E-state index in [1.54, 1.807) is 60.7 Å². The molecule has 0 saturated heterocycles. The summed E-state index contributed by atoms with van der Waals surface area (Å²) in [6.45, 7) is 3.97. The zero-order chi connectivity index (χ0) is 25.0. The van der Waals surface area contributed by atoms with E-state index in [4.69, 9.17) is 0 Å². The maximum Gasteiger partial charge on any atom is 0.143 e. The molecule has 0 aliphatic carbocycles. The maximum absolute atomic E-state index is 10.3. The Morgan fingerprint density at radius 2 is 0.800 bits per heavy atom. The Morgan fingerprint density at radius 1 is 0.457 bits per heavy atom. The highest BCUT2D eigenvalue weighted by Gasteiger charge is 2.25. The van der Waals surface area contributed by atoms with Gasteiger partial charge < -0.3 is 20.4 Å². The zero-order valence-corrected chi connectivity index (χ0v) is 19.2. The summed E-state index contributed by atoms with van der Waals surface area (Å²) in [5.74, 6) is -0.123. The fourth-order valence-electron chi connectivity index (χ4n) is 3.46. The Labute approximate surface area is 202 Å². The van der Waals surface area contributed by atoms with Gasteiger partial charge in [0, 0.05) is 5.41 Å². The molecule has 0 spiro atoms. The second kappa shape index (κ2) is 9.64. The molecule has 176 valence electrons. The number of para-hydroxylation sites is 2. The minimum absolute atomic E-state index is 0.0122. The first-order chi connectivity index (χ1) is 16.8. The highest BCUT2D eigenvalue weighted by Crippen LogP contribution is 2.41. The van der Waals surface area contributed by atoms with Crippen LogP contribution in [-0.2, 0) is 5.41 Å². The van der Waals surface area contributed by atoms with Gasteiger partial charge in [-0.05, 0) is 59.7 Å². The molecule has 0 aliphatic heterocycles. The number of hydrogen-bond acceptors (Lipinski definition) is 8. The largest absolute Gasteiger partial charge is 0.506 e. The van der Waals surface area contributed by atoms with Gasteiger partial charge in [-0.2, -0.15) is 0 Å². The Kier molecular flexibility index (Phi) is 6.46. The van der Waals surface area contributed by atoms with Crippen LogP contribution >= 0.6 is 0 Å². The molecule has 4 aromatic rings. The summed E-state index contributed by atoms with van der Waals surface area (Å²) >= 11 is 0. The van der Waals surface area contributed by atoms with Gasteiger partial charge in [-0.1, -0.05) is 50.2 Å². The van der Waals surface area contributed by atoms with Crippen LogP contribution in [0.4, 0.5) is 22.7 Å². The van der Waals surface area contributed by atoms with Gasteiger partial charge in [-0.25, -0.2) is 0 Å². The summed E-state index contributed by atoms with van der Waals surface area (Å²) in [6, 6.07) is 23.1. The van der Waals surface area contributed by atoms with Gasteiger partial charge in [0.15, 0.2) is 0 Å². The molecular weight excluding hydrogens is 444 g/mol. The Hall–Kier alpha value is -4.72. The lowest BCUT2D eigenvalue weighted by molar-refractivity contribution is 0.472. The first-order valence-corrected chi connectivity index (χ1v) is 10.8. The molecule has 0 atom stereocenters.